The fraction of sp³-hybridized carbons (Fsp3) is 0.118. The first-order chi connectivity index (χ1) is 13.1. The molecule has 0 aliphatic rings. The third-order valence-corrected chi connectivity index (χ3v) is 3.87. The largest absolute Gasteiger partial charge is 0.478 e. The summed E-state index contributed by atoms with van der Waals surface area (Å²) in [4.78, 5) is 23.6. The van der Waals surface area contributed by atoms with E-state index in [0.29, 0.717) is 36.3 Å². The number of hydrogen-bond donors (Lipinski definition) is 3. The Morgan fingerprint density at radius 3 is 2.70 bits per heavy atom. The van der Waals surface area contributed by atoms with Crippen LogP contribution in [0.5, 0.6) is 0 Å². The molecule has 4 aromatic rings. The van der Waals surface area contributed by atoms with Crippen molar-refractivity contribution in [2.45, 2.75) is 6.42 Å². The maximum absolute atomic E-state index is 10.9. The van der Waals surface area contributed by atoms with Gasteiger partial charge in [0.2, 0.25) is 17.7 Å². The van der Waals surface area contributed by atoms with E-state index >= 15 is 0 Å². The minimum absolute atomic E-state index is 0.151. The Hall–Kier alpha value is -3.95. The number of carboxylic acid groups (broad SMARTS) is 1. The van der Waals surface area contributed by atoms with Crippen LogP contribution in [0.25, 0.3) is 17.4 Å². The van der Waals surface area contributed by atoms with Gasteiger partial charge in [0, 0.05) is 6.54 Å². The number of fused-ring (bicyclic) bond motifs is 1. The first-order valence-electron chi connectivity index (χ1n) is 8.10. The van der Waals surface area contributed by atoms with E-state index in [0.717, 1.165) is 5.56 Å². The number of nitrogens with one attached hydrogen (secondary N) is 1. The summed E-state index contributed by atoms with van der Waals surface area (Å²) >= 11 is 0. The molecule has 3 heterocycles. The topological polar surface area (TPSA) is 144 Å². The van der Waals surface area contributed by atoms with Crippen molar-refractivity contribution < 1.29 is 14.3 Å². The minimum Gasteiger partial charge on any atom is -0.478 e. The molecule has 0 saturated carbocycles. The number of furan rings is 1. The van der Waals surface area contributed by atoms with Crippen molar-refractivity contribution in [2.75, 3.05) is 17.6 Å². The fourth-order valence-corrected chi connectivity index (χ4v) is 2.53. The number of anilines is 2. The fourth-order valence-electron chi connectivity index (χ4n) is 2.53. The molecule has 0 saturated heterocycles. The SMILES string of the molecule is Nc1nc(NCCc2ccc(C(=O)O)cc2)nc2nc(-c3ccco3)nn12. The van der Waals surface area contributed by atoms with Crippen molar-refractivity contribution >= 4 is 23.6 Å². The average Bonchev–Trinajstić information content (AvgIpc) is 3.32. The van der Waals surface area contributed by atoms with Gasteiger partial charge >= 0.3 is 5.97 Å². The zero-order valence-corrected chi connectivity index (χ0v) is 14.0. The number of rotatable bonds is 6. The molecular formula is C17H15N7O3. The summed E-state index contributed by atoms with van der Waals surface area (Å²) < 4.78 is 6.62. The molecule has 0 aliphatic carbocycles. The van der Waals surface area contributed by atoms with Crippen molar-refractivity contribution in [1.29, 1.82) is 0 Å². The molecule has 27 heavy (non-hydrogen) atoms. The van der Waals surface area contributed by atoms with Gasteiger partial charge in [-0.1, -0.05) is 12.1 Å². The van der Waals surface area contributed by atoms with Crippen molar-refractivity contribution in [3.63, 3.8) is 0 Å². The molecule has 136 valence electrons. The Labute approximate surface area is 152 Å². The third-order valence-electron chi connectivity index (χ3n) is 3.87. The highest BCUT2D eigenvalue weighted by Gasteiger charge is 2.13. The Morgan fingerprint density at radius 2 is 2.00 bits per heavy atom. The standard InChI is InChI=1S/C17H15N7O3/c18-15-21-16(19-8-7-10-3-5-11(6-4-10)14(25)26)22-17-20-13(23-24(15)17)12-2-1-9-27-12/h1-6,9H,7-8H2,(H,25,26)(H3,18,19,20,21,22,23). The molecule has 4 N–H and O–H groups in total. The maximum atomic E-state index is 10.9. The molecule has 0 bridgehead atoms. The molecule has 0 radical (unpaired) electrons. The molecule has 1 aromatic carbocycles. The van der Waals surface area contributed by atoms with Crippen LogP contribution in [-0.4, -0.2) is 42.2 Å². The van der Waals surface area contributed by atoms with Gasteiger partial charge in [0.25, 0.3) is 5.78 Å². The molecule has 0 fully saturated rings. The first kappa shape index (κ1) is 16.5. The van der Waals surface area contributed by atoms with E-state index in [-0.39, 0.29) is 11.5 Å². The van der Waals surface area contributed by atoms with E-state index in [1.54, 1.807) is 36.4 Å². The lowest BCUT2D eigenvalue weighted by Gasteiger charge is -2.06. The van der Waals surface area contributed by atoms with Gasteiger partial charge in [-0.25, -0.2) is 4.79 Å². The highest BCUT2D eigenvalue weighted by atomic mass is 16.4. The van der Waals surface area contributed by atoms with E-state index in [1.807, 2.05) is 0 Å². The minimum atomic E-state index is -0.945. The summed E-state index contributed by atoms with van der Waals surface area (Å²) in [7, 11) is 0. The Morgan fingerprint density at radius 1 is 1.19 bits per heavy atom. The van der Waals surface area contributed by atoms with Gasteiger partial charge in [-0.2, -0.15) is 19.5 Å². The lowest BCUT2D eigenvalue weighted by atomic mass is 10.1. The summed E-state index contributed by atoms with van der Waals surface area (Å²) in [5, 5.41) is 16.2. The number of carboxylic acids is 1. The highest BCUT2D eigenvalue weighted by molar-refractivity contribution is 5.87. The zero-order valence-electron chi connectivity index (χ0n) is 14.0. The van der Waals surface area contributed by atoms with E-state index < -0.39 is 5.97 Å². The van der Waals surface area contributed by atoms with Gasteiger partial charge in [0.05, 0.1) is 11.8 Å². The smallest absolute Gasteiger partial charge is 0.335 e. The van der Waals surface area contributed by atoms with Gasteiger partial charge in [-0.3, -0.25) is 0 Å². The molecular weight excluding hydrogens is 350 g/mol. The number of aromatic carboxylic acids is 1. The Balaban J connectivity index is 1.46. The quantitative estimate of drug-likeness (QED) is 0.465. The summed E-state index contributed by atoms with van der Waals surface area (Å²) in [6.07, 6.45) is 2.20. The highest BCUT2D eigenvalue weighted by Crippen LogP contribution is 2.17. The predicted octanol–water partition coefficient (Wildman–Crippen LogP) is 1.71. The summed E-state index contributed by atoms with van der Waals surface area (Å²) in [6, 6.07) is 10.2. The van der Waals surface area contributed by atoms with E-state index in [1.165, 1.54) is 10.8 Å². The van der Waals surface area contributed by atoms with Crippen LogP contribution in [0.3, 0.4) is 0 Å². The molecule has 0 amide bonds. The van der Waals surface area contributed by atoms with Crippen molar-refractivity contribution in [3.05, 3.63) is 53.8 Å². The number of hydrogen-bond acceptors (Lipinski definition) is 8. The lowest BCUT2D eigenvalue weighted by Crippen LogP contribution is -2.12. The number of nitrogens with zero attached hydrogens (tertiary/aromatic N) is 5. The van der Waals surface area contributed by atoms with Crippen LogP contribution >= 0.6 is 0 Å². The molecule has 10 heteroatoms. The van der Waals surface area contributed by atoms with E-state index in [9.17, 15) is 4.79 Å². The zero-order chi connectivity index (χ0) is 18.8. The molecule has 0 spiro atoms. The van der Waals surface area contributed by atoms with Crippen LogP contribution in [0, 0.1) is 0 Å². The normalized spacial score (nSPS) is 11.0. The lowest BCUT2D eigenvalue weighted by molar-refractivity contribution is 0.0697. The van der Waals surface area contributed by atoms with Crippen LogP contribution < -0.4 is 11.1 Å². The summed E-state index contributed by atoms with van der Waals surface area (Å²) in [6.45, 7) is 0.543. The molecule has 0 atom stereocenters. The molecule has 0 unspecified atom stereocenters. The molecule has 10 nitrogen and oxygen atoms in total. The second-order valence-electron chi connectivity index (χ2n) is 5.71. The van der Waals surface area contributed by atoms with Crippen molar-refractivity contribution in [3.8, 4) is 11.6 Å². The van der Waals surface area contributed by atoms with Gasteiger partial charge in [0.15, 0.2) is 5.76 Å². The van der Waals surface area contributed by atoms with Crippen LogP contribution in [0.4, 0.5) is 11.9 Å². The number of nitrogens with two attached hydrogens (primary N) is 1. The first-order valence-corrected chi connectivity index (χ1v) is 8.10. The van der Waals surface area contributed by atoms with E-state index in [2.05, 4.69) is 25.4 Å². The van der Waals surface area contributed by atoms with Crippen LogP contribution in [0.2, 0.25) is 0 Å². The van der Waals surface area contributed by atoms with Crippen molar-refractivity contribution in [2.24, 2.45) is 0 Å². The van der Waals surface area contributed by atoms with Gasteiger partial charge in [-0.05, 0) is 36.2 Å². The maximum Gasteiger partial charge on any atom is 0.335 e. The average molecular weight is 365 g/mol. The third kappa shape index (κ3) is 3.40. The second-order valence-corrected chi connectivity index (χ2v) is 5.71. The molecule has 4 rings (SSSR count). The number of nitrogen functional groups attached to an aromatic ring is 1. The van der Waals surface area contributed by atoms with Gasteiger partial charge in [-0.15, -0.1) is 5.10 Å². The Kier molecular flexibility index (Phi) is 4.13. The summed E-state index contributed by atoms with van der Waals surface area (Å²) in [5.41, 5.74) is 7.18. The van der Waals surface area contributed by atoms with E-state index in [4.69, 9.17) is 15.3 Å². The van der Waals surface area contributed by atoms with Crippen LogP contribution in [0.15, 0.2) is 47.1 Å². The van der Waals surface area contributed by atoms with Crippen LogP contribution in [0.1, 0.15) is 15.9 Å². The van der Waals surface area contributed by atoms with Crippen LogP contribution in [-0.2, 0) is 6.42 Å². The Bertz CT molecular complexity index is 1090. The molecule has 3 aromatic heterocycles. The summed E-state index contributed by atoms with van der Waals surface area (Å²) in [5.74, 6) is 0.733. The molecule has 0 aliphatic heterocycles. The predicted molar refractivity (Wildman–Crippen MR) is 96.3 cm³/mol. The second kappa shape index (κ2) is 6.75. The number of carbonyl (C=O) groups is 1. The monoisotopic (exact) mass is 365 g/mol. The van der Waals surface area contributed by atoms with Gasteiger partial charge in [0.1, 0.15) is 0 Å². The number of aromatic nitrogens is 5. The van der Waals surface area contributed by atoms with Crippen molar-refractivity contribution in [1.82, 2.24) is 24.6 Å². The number of benzene rings is 1. The van der Waals surface area contributed by atoms with Gasteiger partial charge < -0.3 is 20.6 Å².